The lowest BCUT2D eigenvalue weighted by molar-refractivity contribution is 0.660. The number of hydrogen-bond acceptors (Lipinski definition) is 1. The van der Waals surface area contributed by atoms with E-state index >= 15 is 0 Å². The summed E-state index contributed by atoms with van der Waals surface area (Å²) in [6, 6.07) is 56.3. The molecule has 0 atom stereocenters. The Kier molecular flexibility index (Phi) is 5.96. The molecular formula is C46H37N. The average Bonchev–Trinajstić information content (AvgIpc) is 3.48. The lowest BCUT2D eigenvalue weighted by Gasteiger charge is -2.30. The van der Waals surface area contributed by atoms with Crippen molar-refractivity contribution in [1.29, 1.82) is 0 Å². The van der Waals surface area contributed by atoms with Crippen LogP contribution in [0.3, 0.4) is 0 Å². The molecule has 2 aliphatic carbocycles. The maximum Gasteiger partial charge on any atom is 0.0540 e. The third-order valence-electron chi connectivity index (χ3n) is 10.9. The molecule has 0 aliphatic heterocycles. The Labute approximate surface area is 277 Å². The van der Waals surface area contributed by atoms with E-state index in [0.717, 1.165) is 11.4 Å². The van der Waals surface area contributed by atoms with Crippen molar-refractivity contribution in [3.8, 4) is 33.4 Å². The van der Waals surface area contributed by atoms with Gasteiger partial charge < -0.3 is 4.90 Å². The summed E-state index contributed by atoms with van der Waals surface area (Å²) in [5.74, 6) is 0. The van der Waals surface area contributed by atoms with Gasteiger partial charge in [0, 0.05) is 27.8 Å². The number of para-hydroxylation sites is 1. The number of benzene rings is 7. The fourth-order valence-electron chi connectivity index (χ4n) is 8.47. The zero-order chi connectivity index (χ0) is 31.9. The molecule has 0 fully saturated rings. The van der Waals surface area contributed by atoms with Crippen LogP contribution in [0.25, 0.3) is 44.2 Å². The summed E-state index contributed by atoms with van der Waals surface area (Å²) < 4.78 is 0. The molecule has 7 aromatic carbocycles. The molecule has 9 rings (SSSR count). The Balaban J connectivity index is 1.31. The van der Waals surface area contributed by atoms with Crippen molar-refractivity contribution in [2.45, 2.75) is 38.5 Å². The first-order chi connectivity index (χ1) is 22.8. The highest BCUT2D eigenvalue weighted by atomic mass is 15.1. The Morgan fingerprint density at radius 1 is 0.362 bits per heavy atom. The molecule has 0 radical (unpaired) electrons. The molecule has 47 heavy (non-hydrogen) atoms. The van der Waals surface area contributed by atoms with E-state index in [2.05, 4.69) is 184 Å². The van der Waals surface area contributed by atoms with Crippen LogP contribution in [0.2, 0.25) is 0 Å². The smallest absolute Gasteiger partial charge is 0.0540 e. The average molecular weight is 604 g/mol. The lowest BCUT2D eigenvalue weighted by Crippen LogP contribution is -2.15. The summed E-state index contributed by atoms with van der Waals surface area (Å²) in [6.07, 6.45) is 0. The minimum atomic E-state index is -0.0604. The standard InChI is InChI=1S/C46H37N/c1-45(2)39-20-10-7-16-34(39)38-29-33(26-27-41(38)45)47(32-25-24-30-14-5-6-15-31(30)28-32)43-23-12-9-17-35(43)36-19-13-22-42-44(36)37-18-8-11-21-40(37)46(42,3)4/h5-29H,1-4H3. The normalized spacial score (nSPS) is 14.7. The first-order valence-corrected chi connectivity index (χ1v) is 16.7. The van der Waals surface area contributed by atoms with E-state index in [1.807, 2.05) is 0 Å². The first kappa shape index (κ1) is 27.9. The molecule has 0 aromatic heterocycles. The van der Waals surface area contributed by atoms with Gasteiger partial charge in [0.15, 0.2) is 0 Å². The Morgan fingerprint density at radius 2 is 0.894 bits per heavy atom. The summed E-state index contributed by atoms with van der Waals surface area (Å²) >= 11 is 0. The molecular weight excluding hydrogens is 567 g/mol. The van der Waals surface area contributed by atoms with Gasteiger partial charge in [0.1, 0.15) is 0 Å². The molecule has 0 heterocycles. The van der Waals surface area contributed by atoms with Crippen molar-refractivity contribution >= 4 is 27.8 Å². The van der Waals surface area contributed by atoms with Crippen LogP contribution >= 0.6 is 0 Å². The molecule has 226 valence electrons. The summed E-state index contributed by atoms with van der Waals surface area (Å²) in [5.41, 5.74) is 16.8. The van der Waals surface area contributed by atoms with Gasteiger partial charge in [-0.3, -0.25) is 0 Å². The van der Waals surface area contributed by atoms with E-state index in [0.29, 0.717) is 0 Å². The number of hydrogen-bond donors (Lipinski definition) is 0. The summed E-state index contributed by atoms with van der Waals surface area (Å²) in [5, 5.41) is 2.48. The van der Waals surface area contributed by atoms with Gasteiger partial charge in [0.25, 0.3) is 0 Å². The number of anilines is 3. The van der Waals surface area contributed by atoms with Gasteiger partial charge in [-0.1, -0.05) is 149 Å². The maximum absolute atomic E-state index is 2.47. The fourth-order valence-corrected chi connectivity index (χ4v) is 8.47. The first-order valence-electron chi connectivity index (χ1n) is 16.7. The van der Waals surface area contributed by atoms with Gasteiger partial charge in [0.05, 0.1) is 5.69 Å². The van der Waals surface area contributed by atoms with E-state index in [1.54, 1.807) is 0 Å². The fraction of sp³-hybridized carbons (Fsp3) is 0.130. The van der Waals surface area contributed by atoms with Gasteiger partial charge in [-0.2, -0.15) is 0 Å². The van der Waals surface area contributed by atoms with Gasteiger partial charge >= 0.3 is 0 Å². The summed E-state index contributed by atoms with van der Waals surface area (Å²) in [4.78, 5) is 2.47. The van der Waals surface area contributed by atoms with Crippen LogP contribution in [-0.2, 0) is 10.8 Å². The topological polar surface area (TPSA) is 3.24 Å². The third-order valence-corrected chi connectivity index (χ3v) is 10.9. The van der Waals surface area contributed by atoms with Crippen LogP contribution in [-0.4, -0.2) is 0 Å². The molecule has 0 amide bonds. The molecule has 0 saturated heterocycles. The van der Waals surface area contributed by atoms with Crippen molar-refractivity contribution in [2.24, 2.45) is 0 Å². The second kappa shape index (κ2) is 10.0. The van der Waals surface area contributed by atoms with Crippen LogP contribution in [0.15, 0.2) is 152 Å². The molecule has 0 bridgehead atoms. The van der Waals surface area contributed by atoms with Crippen molar-refractivity contribution < 1.29 is 0 Å². The SMILES string of the molecule is CC1(C)c2ccccc2-c2cc(N(c3ccc4ccccc4c3)c3ccccc3-c3cccc4c3-c3ccccc3C4(C)C)ccc21. The lowest BCUT2D eigenvalue weighted by atomic mass is 9.82. The summed E-state index contributed by atoms with van der Waals surface area (Å²) in [7, 11) is 0. The second-order valence-electron chi connectivity index (χ2n) is 14.2. The van der Waals surface area contributed by atoms with Crippen LogP contribution in [0, 0.1) is 0 Å². The Morgan fingerprint density at radius 3 is 1.70 bits per heavy atom. The highest BCUT2D eigenvalue weighted by molar-refractivity contribution is 5.99. The minimum absolute atomic E-state index is 0.0407. The number of fused-ring (bicyclic) bond motifs is 7. The van der Waals surface area contributed by atoms with E-state index in [4.69, 9.17) is 0 Å². The van der Waals surface area contributed by atoms with E-state index in [1.165, 1.54) is 72.1 Å². The molecule has 7 aromatic rings. The zero-order valence-electron chi connectivity index (χ0n) is 27.4. The maximum atomic E-state index is 2.47. The second-order valence-corrected chi connectivity index (χ2v) is 14.2. The molecule has 1 heteroatoms. The predicted octanol–water partition coefficient (Wildman–Crippen LogP) is 12.6. The van der Waals surface area contributed by atoms with Gasteiger partial charge in [0.2, 0.25) is 0 Å². The van der Waals surface area contributed by atoms with Gasteiger partial charge in [-0.15, -0.1) is 0 Å². The van der Waals surface area contributed by atoms with Crippen LogP contribution < -0.4 is 4.90 Å². The number of nitrogens with zero attached hydrogens (tertiary/aromatic N) is 1. The molecule has 0 spiro atoms. The van der Waals surface area contributed by atoms with Crippen molar-refractivity contribution in [3.05, 3.63) is 174 Å². The van der Waals surface area contributed by atoms with Gasteiger partial charge in [-0.25, -0.2) is 0 Å². The molecule has 0 unspecified atom stereocenters. The van der Waals surface area contributed by atoms with Crippen LogP contribution in [0.4, 0.5) is 17.1 Å². The van der Waals surface area contributed by atoms with E-state index in [-0.39, 0.29) is 10.8 Å². The number of rotatable bonds is 4. The summed E-state index contributed by atoms with van der Waals surface area (Å²) in [6.45, 7) is 9.42. The molecule has 0 saturated carbocycles. The van der Waals surface area contributed by atoms with Crippen LogP contribution in [0.5, 0.6) is 0 Å². The quantitative estimate of drug-likeness (QED) is 0.193. The highest BCUT2D eigenvalue weighted by Gasteiger charge is 2.38. The van der Waals surface area contributed by atoms with E-state index in [9.17, 15) is 0 Å². The van der Waals surface area contributed by atoms with Crippen molar-refractivity contribution in [2.75, 3.05) is 4.90 Å². The minimum Gasteiger partial charge on any atom is -0.310 e. The predicted molar refractivity (Wildman–Crippen MR) is 199 cm³/mol. The largest absolute Gasteiger partial charge is 0.310 e. The van der Waals surface area contributed by atoms with Crippen molar-refractivity contribution in [3.63, 3.8) is 0 Å². The Bertz CT molecular complexity index is 2370. The molecule has 2 aliphatic rings. The van der Waals surface area contributed by atoms with Crippen molar-refractivity contribution in [1.82, 2.24) is 0 Å². The Hall–Kier alpha value is -5.40. The van der Waals surface area contributed by atoms with Crippen LogP contribution in [0.1, 0.15) is 49.9 Å². The zero-order valence-corrected chi connectivity index (χ0v) is 27.4. The van der Waals surface area contributed by atoms with E-state index < -0.39 is 0 Å². The highest BCUT2D eigenvalue weighted by Crippen LogP contribution is 2.55. The van der Waals surface area contributed by atoms with Gasteiger partial charge in [-0.05, 0) is 91.2 Å². The third kappa shape index (κ3) is 4.02. The molecule has 1 nitrogen and oxygen atoms in total. The monoisotopic (exact) mass is 603 g/mol. The molecule has 0 N–H and O–H groups in total.